The summed E-state index contributed by atoms with van der Waals surface area (Å²) in [4.78, 5) is 19.6. The van der Waals surface area contributed by atoms with Gasteiger partial charge in [-0.25, -0.2) is 4.98 Å². The van der Waals surface area contributed by atoms with Crippen molar-refractivity contribution in [3.05, 3.63) is 88.4 Å². The minimum atomic E-state index is -4.73. The summed E-state index contributed by atoms with van der Waals surface area (Å²) in [5.41, 5.74) is 0.547. The molecule has 4 rings (SSSR count). The highest BCUT2D eigenvalue weighted by molar-refractivity contribution is 6.36. The van der Waals surface area contributed by atoms with Crippen molar-refractivity contribution in [2.24, 2.45) is 0 Å². The van der Waals surface area contributed by atoms with E-state index in [-0.39, 0.29) is 11.4 Å². The van der Waals surface area contributed by atoms with Crippen LogP contribution in [0, 0.1) is 0 Å². The number of aromatic amines is 1. The van der Waals surface area contributed by atoms with E-state index in [2.05, 4.69) is 9.97 Å². The fourth-order valence-electron chi connectivity index (χ4n) is 3.21. The van der Waals surface area contributed by atoms with Crippen molar-refractivity contribution in [2.75, 3.05) is 0 Å². The van der Waals surface area contributed by atoms with Crippen LogP contribution >= 0.6 is 23.2 Å². The number of benzene rings is 1. The second-order valence-electron chi connectivity index (χ2n) is 6.63. The number of nitrogens with one attached hydrogen (secondary N) is 2. The number of hydrogen-bond acceptors (Lipinski definition) is 2. The standard InChI is InChI=1S/C21H13Cl2F3N4O/c22-12-7-8-13(14(23)11-12)19-28-17(16-6-2-4-10-30(16)19)20(31)29-18(21(24,25)26)15-5-1-3-9-27-15/h1-11,18H,(H,29,31)/p+1. The summed E-state index contributed by atoms with van der Waals surface area (Å²) in [6.07, 6.45) is -1.83. The van der Waals surface area contributed by atoms with Gasteiger partial charge >= 0.3 is 6.18 Å². The fraction of sp³-hybridized carbons (Fsp3) is 0.0952. The molecule has 3 aromatic heterocycles. The minimum absolute atomic E-state index is 0.0493. The summed E-state index contributed by atoms with van der Waals surface area (Å²) in [5, 5.41) is 2.79. The molecule has 4 aromatic rings. The number of carbonyl (C=O) groups excluding carboxylic acids is 1. The van der Waals surface area contributed by atoms with Crippen molar-refractivity contribution in [3.63, 3.8) is 0 Å². The first-order valence-corrected chi connectivity index (χ1v) is 9.77. The number of imidazole rings is 1. The maximum Gasteiger partial charge on any atom is 0.414 e. The Morgan fingerprint density at radius 1 is 1.10 bits per heavy atom. The minimum Gasteiger partial charge on any atom is -0.332 e. The molecule has 3 heterocycles. The Balaban J connectivity index is 1.78. The maximum absolute atomic E-state index is 13.7. The molecule has 1 amide bonds. The smallest absolute Gasteiger partial charge is 0.332 e. The Morgan fingerprint density at radius 3 is 2.55 bits per heavy atom. The van der Waals surface area contributed by atoms with E-state index in [0.717, 1.165) is 0 Å². The average molecular weight is 466 g/mol. The van der Waals surface area contributed by atoms with Gasteiger partial charge in [-0.3, -0.25) is 9.78 Å². The number of pyridine rings is 2. The summed E-state index contributed by atoms with van der Waals surface area (Å²) < 4.78 is 42.6. The first-order valence-electron chi connectivity index (χ1n) is 9.02. The second-order valence-corrected chi connectivity index (χ2v) is 7.47. The van der Waals surface area contributed by atoms with Gasteiger partial charge in [0, 0.05) is 11.2 Å². The number of rotatable bonds is 4. The molecule has 1 atom stereocenters. The van der Waals surface area contributed by atoms with E-state index in [0.29, 0.717) is 26.9 Å². The number of H-pyrrole nitrogens is 1. The van der Waals surface area contributed by atoms with E-state index in [4.69, 9.17) is 23.2 Å². The van der Waals surface area contributed by atoms with E-state index < -0.39 is 18.1 Å². The molecule has 10 heteroatoms. The predicted molar refractivity (Wildman–Crippen MR) is 110 cm³/mol. The number of amides is 1. The summed E-state index contributed by atoms with van der Waals surface area (Å²) in [7, 11) is 0. The number of fused-ring (bicyclic) bond motifs is 1. The number of alkyl halides is 3. The third kappa shape index (κ3) is 4.22. The molecule has 0 saturated carbocycles. The molecule has 0 aliphatic heterocycles. The maximum atomic E-state index is 13.7. The summed E-state index contributed by atoms with van der Waals surface area (Å²) in [6, 6.07) is 11.7. The fourth-order valence-corrected chi connectivity index (χ4v) is 3.71. The third-order valence-electron chi connectivity index (χ3n) is 4.60. The van der Waals surface area contributed by atoms with Crippen molar-refractivity contribution in [2.45, 2.75) is 12.2 Å². The van der Waals surface area contributed by atoms with Gasteiger partial charge in [0.1, 0.15) is 0 Å². The van der Waals surface area contributed by atoms with Crippen LogP contribution in [0.1, 0.15) is 22.2 Å². The van der Waals surface area contributed by atoms with E-state index >= 15 is 0 Å². The van der Waals surface area contributed by atoms with Crippen LogP contribution < -0.4 is 9.72 Å². The van der Waals surface area contributed by atoms with Crippen LogP contribution in [-0.2, 0) is 0 Å². The van der Waals surface area contributed by atoms with Gasteiger partial charge in [-0.1, -0.05) is 35.3 Å². The van der Waals surface area contributed by atoms with Gasteiger partial charge in [-0.15, -0.1) is 0 Å². The van der Waals surface area contributed by atoms with E-state index in [9.17, 15) is 18.0 Å². The van der Waals surface area contributed by atoms with E-state index in [1.165, 1.54) is 30.5 Å². The second kappa shape index (κ2) is 8.20. The van der Waals surface area contributed by atoms with Gasteiger partial charge in [0.15, 0.2) is 11.6 Å². The molecular formula is C21H14Cl2F3N4O+. The van der Waals surface area contributed by atoms with Crippen LogP contribution in [0.5, 0.6) is 0 Å². The zero-order valence-corrected chi connectivity index (χ0v) is 17.1. The first-order chi connectivity index (χ1) is 14.8. The molecule has 31 heavy (non-hydrogen) atoms. The van der Waals surface area contributed by atoms with Crippen molar-refractivity contribution in [1.29, 1.82) is 0 Å². The van der Waals surface area contributed by atoms with Crippen LogP contribution in [0.3, 0.4) is 0 Å². The molecule has 0 fully saturated rings. The van der Waals surface area contributed by atoms with E-state index in [1.807, 2.05) is 5.32 Å². The molecule has 1 unspecified atom stereocenters. The van der Waals surface area contributed by atoms with Crippen molar-refractivity contribution in [1.82, 2.24) is 15.3 Å². The third-order valence-corrected chi connectivity index (χ3v) is 5.15. The summed E-state index contributed by atoms with van der Waals surface area (Å²) in [6.45, 7) is 0. The van der Waals surface area contributed by atoms with Gasteiger partial charge < -0.3 is 5.32 Å². The van der Waals surface area contributed by atoms with Crippen LogP contribution in [0.15, 0.2) is 67.0 Å². The van der Waals surface area contributed by atoms with Crippen molar-refractivity contribution >= 4 is 34.6 Å². The molecule has 0 radical (unpaired) electrons. The molecule has 0 aliphatic rings. The topological polar surface area (TPSA) is 61.9 Å². The van der Waals surface area contributed by atoms with Crippen LogP contribution in [0.2, 0.25) is 10.0 Å². The van der Waals surface area contributed by atoms with Gasteiger partial charge in [0.05, 0.1) is 22.5 Å². The average Bonchev–Trinajstić information content (AvgIpc) is 3.11. The zero-order chi connectivity index (χ0) is 22.2. The largest absolute Gasteiger partial charge is 0.414 e. The zero-order valence-electron chi connectivity index (χ0n) is 15.6. The number of hydrogen-bond donors (Lipinski definition) is 2. The number of halogens is 5. The molecule has 1 aromatic carbocycles. The lowest BCUT2D eigenvalue weighted by Crippen LogP contribution is -2.39. The Kier molecular flexibility index (Phi) is 5.60. The van der Waals surface area contributed by atoms with Crippen molar-refractivity contribution in [3.8, 4) is 11.4 Å². The van der Waals surface area contributed by atoms with Crippen LogP contribution in [-0.4, -0.2) is 22.1 Å². The molecule has 158 valence electrons. The van der Waals surface area contributed by atoms with Crippen LogP contribution in [0.25, 0.3) is 16.9 Å². The lowest BCUT2D eigenvalue weighted by Gasteiger charge is -2.20. The van der Waals surface area contributed by atoms with Crippen molar-refractivity contribution < 1.29 is 22.4 Å². The Morgan fingerprint density at radius 2 is 1.87 bits per heavy atom. The molecule has 0 saturated heterocycles. The van der Waals surface area contributed by atoms with Gasteiger partial charge in [-0.2, -0.15) is 17.6 Å². The monoisotopic (exact) mass is 465 g/mol. The number of carbonyl (C=O) groups is 1. The first kappa shape index (κ1) is 21.1. The van der Waals surface area contributed by atoms with Gasteiger partial charge in [0.2, 0.25) is 5.69 Å². The highest BCUT2D eigenvalue weighted by Crippen LogP contribution is 2.32. The van der Waals surface area contributed by atoms with Crippen LogP contribution in [0.4, 0.5) is 13.2 Å². The molecule has 0 bridgehead atoms. The van der Waals surface area contributed by atoms with Gasteiger partial charge in [-0.05, 0) is 42.5 Å². The molecule has 5 nitrogen and oxygen atoms in total. The Labute approximate surface area is 184 Å². The predicted octanol–water partition coefficient (Wildman–Crippen LogP) is 5.16. The highest BCUT2D eigenvalue weighted by Gasteiger charge is 2.44. The quantitative estimate of drug-likeness (QED) is 0.409. The van der Waals surface area contributed by atoms with Gasteiger partial charge in [0.25, 0.3) is 11.7 Å². The lowest BCUT2D eigenvalue weighted by molar-refractivity contribution is -0.498. The molecule has 2 N–H and O–H groups in total. The Hall–Kier alpha value is -3.10. The highest BCUT2D eigenvalue weighted by atomic mass is 35.5. The lowest BCUT2D eigenvalue weighted by atomic mass is 10.1. The number of nitrogens with zero attached hydrogens (tertiary/aromatic N) is 2. The van der Waals surface area contributed by atoms with E-state index in [1.54, 1.807) is 40.9 Å². The molecule has 0 spiro atoms. The normalized spacial score (nSPS) is 12.7. The molecular weight excluding hydrogens is 452 g/mol. The summed E-state index contributed by atoms with van der Waals surface area (Å²) >= 11 is 12.3. The molecule has 0 aliphatic carbocycles. The number of aromatic nitrogens is 3. The summed E-state index contributed by atoms with van der Waals surface area (Å²) in [5.74, 6) is -0.517. The SMILES string of the molecule is O=C(NC(c1ccccn1)C(F)(F)F)c1[nH]c(-c2ccc(Cl)cc2Cl)[n+]2ccccc12. The Bertz CT molecular complexity index is 1260.